The van der Waals surface area contributed by atoms with Gasteiger partial charge in [-0.25, -0.2) is 14.2 Å². The van der Waals surface area contributed by atoms with Crippen molar-refractivity contribution in [1.82, 2.24) is 10.9 Å². The monoisotopic (exact) mass is 258 g/mol. The number of rotatable bonds is 5. The molecule has 0 aliphatic heterocycles. The first-order chi connectivity index (χ1) is 8.54. The largest absolute Gasteiger partial charge is 0.465 e. The first kappa shape index (κ1) is 14.0. The Labute approximate surface area is 102 Å². The summed E-state index contributed by atoms with van der Waals surface area (Å²) in [6.07, 6.45) is 0. The van der Waals surface area contributed by atoms with Gasteiger partial charge in [0.15, 0.2) is 0 Å². The molecule has 18 heavy (non-hydrogen) atoms. The fourth-order valence-electron chi connectivity index (χ4n) is 1.15. The molecule has 0 spiro atoms. The Bertz CT molecular complexity index is 452. The maximum absolute atomic E-state index is 13.2. The van der Waals surface area contributed by atoms with Crippen molar-refractivity contribution in [1.29, 1.82) is 0 Å². The number of hydrogen-bond acceptors (Lipinski definition) is 4. The van der Waals surface area contributed by atoms with Gasteiger partial charge < -0.3 is 4.74 Å². The summed E-state index contributed by atoms with van der Waals surface area (Å²) in [4.78, 5) is 22.3. The van der Waals surface area contributed by atoms with Crippen LogP contribution in [0, 0.1) is 11.6 Å². The lowest BCUT2D eigenvalue weighted by molar-refractivity contribution is -0.142. The second-order valence-corrected chi connectivity index (χ2v) is 3.24. The molecule has 0 atom stereocenters. The number of benzene rings is 1. The van der Waals surface area contributed by atoms with Crippen molar-refractivity contribution in [3.63, 3.8) is 0 Å². The highest BCUT2D eigenvalue weighted by molar-refractivity contribution is 5.94. The van der Waals surface area contributed by atoms with Gasteiger partial charge in [-0.2, -0.15) is 0 Å². The van der Waals surface area contributed by atoms with Crippen LogP contribution < -0.4 is 10.9 Å². The van der Waals surface area contributed by atoms with Crippen LogP contribution in [0.5, 0.6) is 0 Å². The molecular formula is C11H12F2N2O3. The molecule has 5 nitrogen and oxygen atoms in total. The number of hydrogen-bond donors (Lipinski definition) is 2. The molecule has 0 saturated carbocycles. The number of carbonyl (C=O) groups excluding carboxylic acids is 2. The van der Waals surface area contributed by atoms with Crippen molar-refractivity contribution in [2.24, 2.45) is 0 Å². The zero-order valence-electron chi connectivity index (χ0n) is 9.63. The second kappa shape index (κ2) is 6.65. The summed E-state index contributed by atoms with van der Waals surface area (Å²) in [6.45, 7) is 1.62. The van der Waals surface area contributed by atoms with Crippen LogP contribution in [-0.2, 0) is 9.53 Å². The highest BCUT2D eigenvalue weighted by Gasteiger charge is 2.12. The predicted octanol–water partition coefficient (Wildman–Crippen LogP) is 0.762. The van der Waals surface area contributed by atoms with Crippen molar-refractivity contribution >= 4 is 11.9 Å². The molecule has 1 amide bonds. The highest BCUT2D eigenvalue weighted by atomic mass is 19.1. The Morgan fingerprint density at radius 1 is 1.33 bits per heavy atom. The van der Waals surface area contributed by atoms with E-state index in [2.05, 4.69) is 15.6 Å². The minimum atomic E-state index is -0.981. The lowest BCUT2D eigenvalue weighted by Crippen LogP contribution is -2.41. The highest BCUT2D eigenvalue weighted by Crippen LogP contribution is 2.08. The smallest absolute Gasteiger partial charge is 0.321 e. The SMILES string of the molecule is CCOC(=O)CNNC(=O)c1ccc(F)cc1F. The first-order valence-corrected chi connectivity index (χ1v) is 5.18. The molecule has 0 radical (unpaired) electrons. The van der Waals surface area contributed by atoms with E-state index in [1.54, 1.807) is 6.92 Å². The van der Waals surface area contributed by atoms with Gasteiger partial charge in [0.05, 0.1) is 12.2 Å². The van der Waals surface area contributed by atoms with Gasteiger partial charge in [-0.1, -0.05) is 0 Å². The zero-order chi connectivity index (χ0) is 13.5. The molecule has 0 heterocycles. The van der Waals surface area contributed by atoms with E-state index in [9.17, 15) is 18.4 Å². The third-order valence-corrected chi connectivity index (χ3v) is 1.92. The molecule has 0 unspecified atom stereocenters. The van der Waals surface area contributed by atoms with Gasteiger partial charge in [-0.05, 0) is 19.1 Å². The molecular weight excluding hydrogens is 246 g/mol. The van der Waals surface area contributed by atoms with E-state index >= 15 is 0 Å². The van der Waals surface area contributed by atoms with Crippen LogP contribution in [-0.4, -0.2) is 25.0 Å². The van der Waals surface area contributed by atoms with Crippen molar-refractivity contribution < 1.29 is 23.1 Å². The summed E-state index contributed by atoms with van der Waals surface area (Å²) in [5, 5.41) is 0. The number of carbonyl (C=O) groups is 2. The number of amides is 1. The van der Waals surface area contributed by atoms with Crippen LogP contribution in [0.2, 0.25) is 0 Å². The summed E-state index contributed by atoms with van der Waals surface area (Å²) in [5.74, 6) is -3.12. The van der Waals surface area contributed by atoms with E-state index in [1.165, 1.54) is 0 Å². The lowest BCUT2D eigenvalue weighted by atomic mass is 10.2. The van der Waals surface area contributed by atoms with E-state index in [0.717, 1.165) is 12.1 Å². The molecule has 98 valence electrons. The first-order valence-electron chi connectivity index (χ1n) is 5.18. The summed E-state index contributed by atoms with van der Waals surface area (Å²) >= 11 is 0. The summed E-state index contributed by atoms with van der Waals surface area (Å²) in [6, 6.07) is 2.57. The van der Waals surface area contributed by atoms with Gasteiger partial charge in [0.25, 0.3) is 5.91 Å². The quantitative estimate of drug-likeness (QED) is 0.604. The molecule has 1 aromatic carbocycles. The molecule has 2 N–H and O–H groups in total. The fourth-order valence-corrected chi connectivity index (χ4v) is 1.15. The van der Waals surface area contributed by atoms with Crippen LogP contribution >= 0.6 is 0 Å². The molecule has 0 aliphatic carbocycles. The van der Waals surface area contributed by atoms with Gasteiger partial charge in [0.2, 0.25) is 0 Å². The Hall–Kier alpha value is -2.02. The van der Waals surface area contributed by atoms with Crippen LogP contribution in [0.15, 0.2) is 18.2 Å². The van der Waals surface area contributed by atoms with E-state index in [4.69, 9.17) is 0 Å². The van der Waals surface area contributed by atoms with Crippen LogP contribution in [0.3, 0.4) is 0 Å². The Kier molecular flexibility index (Phi) is 5.19. The van der Waals surface area contributed by atoms with Gasteiger partial charge in [0, 0.05) is 6.07 Å². The molecule has 0 bridgehead atoms. The molecule has 0 aliphatic rings. The fraction of sp³-hybridized carbons (Fsp3) is 0.273. The van der Waals surface area contributed by atoms with Gasteiger partial charge in [-0.15, -0.1) is 0 Å². The maximum atomic E-state index is 13.2. The minimum absolute atomic E-state index is 0.223. The zero-order valence-corrected chi connectivity index (χ0v) is 9.63. The van der Waals surface area contributed by atoms with Crippen molar-refractivity contribution in [2.75, 3.05) is 13.2 Å². The Morgan fingerprint density at radius 2 is 2.06 bits per heavy atom. The van der Waals surface area contributed by atoms with Crippen molar-refractivity contribution in [3.8, 4) is 0 Å². The summed E-state index contributed by atoms with van der Waals surface area (Å²) in [5.41, 5.74) is 4.05. The summed E-state index contributed by atoms with van der Waals surface area (Å²) in [7, 11) is 0. The third-order valence-electron chi connectivity index (χ3n) is 1.92. The minimum Gasteiger partial charge on any atom is -0.465 e. The molecule has 0 saturated heterocycles. The van der Waals surface area contributed by atoms with Gasteiger partial charge >= 0.3 is 5.97 Å². The van der Waals surface area contributed by atoms with E-state index in [-0.39, 0.29) is 18.7 Å². The topological polar surface area (TPSA) is 67.4 Å². The van der Waals surface area contributed by atoms with Gasteiger partial charge in [-0.3, -0.25) is 15.0 Å². The van der Waals surface area contributed by atoms with Crippen molar-refractivity contribution in [2.45, 2.75) is 6.92 Å². The second-order valence-electron chi connectivity index (χ2n) is 3.24. The number of ether oxygens (including phenoxy) is 1. The average Bonchev–Trinajstić information content (AvgIpc) is 2.29. The van der Waals surface area contributed by atoms with E-state index in [0.29, 0.717) is 6.07 Å². The normalized spacial score (nSPS) is 9.94. The molecule has 0 aromatic heterocycles. The number of nitrogens with one attached hydrogen (secondary N) is 2. The summed E-state index contributed by atoms with van der Waals surface area (Å²) < 4.78 is 30.4. The third kappa shape index (κ3) is 4.10. The number of esters is 1. The molecule has 0 fully saturated rings. The number of hydrazine groups is 1. The van der Waals surface area contributed by atoms with E-state index in [1.807, 2.05) is 0 Å². The molecule has 7 heteroatoms. The van der Waals surface area contributed by atoms with Crippen molar-refractivity contribution in [3.05, 3.63) is 35.4 Å². The average molecular weight is 258 g/mol. The standard InChI is InChI=1S/C11H12F2N2O3/c1-2-18-10(16)6-14-15-11(17)8-4-3-7(12)5-9(8)13/h3-5,14H,2,6H2,1H3,(H,15,17). The van der Waals surface area contributed by atoms with Crippen LogP contribution in [0.4, 0.5) is 8.78 Å². The van der Waals surface area contributed by atoms with E-state index < -0.39 is 23.5 Å². The Balaban J connectivity index is 2.48. The lowest BCUT2D eigenvalue weighted by Gasteiger charge is -2.07. The Morgan fingerprint density at radius 3 is 2.67 bits per heavy atom. The van der Waals surface area contributed by atoms with Crippen LogP contribution in [0.1, 0.15) is 17.3 Å². The number of halogens is 2. The molecule has 1 rings (SSSR count). The van der Waals surface area contributed by atoms with Crippen LogP contribution in [0.25, 0.3) is 0 Å². The molecule has 1 aromatic rings. The maximum Gasteiger partial charge on any atom is 0.321 e. The predicted molar refractivity (Wildman–Crippen MR) is 58.5 cm³/mol. The van der Waals surface area contributed by atoms with Gasteiger partial charge in [0.1, 0.15) is 18.2 Å².